The first-order chi connectivity index (χ1) is 12.0. The Kier molecular flexibility index (Phi) is 7.31. The third-order valence-electron chi connectivity index (χ3n) is 3.89. The molecule has 0 aliphatic rings. The Morgan fingerprint density at radius 3 is 2.68 bits per heavy atom. The molecule has 0 amide bonds. The maximum atomic E-state index is 4.72. The van der Waals surface area contributed by atoms with Gasteiger partial charge in [0.2, 0.25) is 0 Å². The van der Waals surface area contributed by atoms with Gasteiger partial charge < -0.3 is 10.6 Å². The second kappa shape index (κ2) is 9.47. The van der Waals surface area contributed by atoms with E-state index in [2.05, 4.69) is 66.9 Å². The van der Waals surface area contributed by atoms with Crippen molar-refractivity contribution in [1.82, 2.24) is 15.6 Å². The molecule has 0 unspecified atom stereocenters. The van der Waals surface area contributed by atoms with Crippen LogP contribution in [0.3, 0.4) is 0 Å². The largest absolute Gasteiger partial charge is 0.357 e. The maximum Gasteiger partial charge on any atom is 0.191 e. The number of nitrogens with one attached hydrogen (secondary N) is 2. The van der Waals surface area contributed by atoms with Crippen LogP contribution in [0, 0.1) is 0 Å². The highest BCUT2D eigenvalue weighted by atomic mass is 32.2. The van der Waals surface area contributed by atoms with Crippen molar-refractivity contribution in [3.05, 3.63) is 54.2 Å². The maximum absolute atomic E-state index is 4.72. The van der Waals surface area contributed by atoms with Crippen molar-refractivity contribution < 1.29 is 0 Å². The Labute approximate surface area is 155 Å². The molecule has 0 spiro atoms. The molecule has 0 bridgehead atoms. The molecule has 0 atom stereocenters. The Hall–Kier alpha value is -2.01. The molecule has 2 N–H and O–H groups in total. The molecule has 0 fully saturated rings. The predicted molar refractivity (Wildman–Crippen MR) is 110 cm³/mol. The number of pyridine rings is 1. The second-order valence-electron chi connectivity index (χ2n) is 6.43. The number of hydrogen-bond donors (Lipinski definition) is 2. The van der Waals surface area contributed by atoms with Crippen LogP contribution in [0.25, 0.3) is 11.3 Å². The molecule has 0 aliphatic heterocycles. The van der Waals surface area contributed by atoms with Gasteiger partial charge in [0.25, 0.3) is 0 Å². The molecule has 0 aliphatic carbocycles. The number of thioether (sulfide) groups is 1. The molecule has 134 valence electrons. The van der Waals surface area contributed by atoms with Crippen molar-refractivity contribution in [2.24, 2.45) is 4.99 Å². The molecular formula is C20H28N4S. The quantitative estimate of drug-likeness (QED) is 0.583. The van der Waals surface area contributed by atoms with Crippen molar-refractivity contribution in [2.45, 2.75) is 32.1 Å². The van der Waals surface area contributed by atoms with Gasteiger partial charge in [-0.25, -0.2) is 4.99 Å². The SMILES string of the molecule is CCNC(=NCc1cccc(-c2ccccn2)c1)NCC(C)(C)SC. The summed E-state index contributed by atoms with van der Waals surface area (Å²) in [6.45, 7) is 8.89. The standard InChI is InChI=1S/C20H28N4S/c1-5-21-19(24-15-20(2,3)25-4)23-14-16-9-8-10-17(13-16)18-11-6-7-12-22-18/h6-13H,5,14-15H2,1-4H3,(H2,21,23,24). The Bertz CT molecular complexity index is 683. The highest BCUT2D eigenvalue weighted by Crippen LogP contribution is 2.20. The summed E-state index contributed by atoms with van der Waals surface area (Å²) in [5.74, 6) is 0.855. The van der Waals surface area contributed by atoms with E-state index in [4.69, 9.17) is 4.99 Å². The Balaban J connectivity index is 2.07. The molecule has 1 aromatic heterocycles. The first-order valence-electron chi connectivity index (χ1n) is 8.62. The normalized spacial score (nSPS) is 12.1. The molecule has 1 aromatic carbocycles. The van der Waals surface area contributed by atoms with Gasteiger partial charge in [-0.05, 0) is 50.8 Å². The van der Waals surface area contributed by atoms with Crippen LogP contribution in [-0.4, -0.2) is 35.0 Å². The highest BCUT2D eigenvalue weighted by Gasteiger charge is 2.16. The lowest BCUT2D eigenvalue weighted by Crippen LogP contribution is -2.43. The fourth-order valence-electron chi connectivity index (χ4n) is 2.24. The Morgan fingerprint density at radius 2 is 2.00 bits per heavy atom. The second-order valence-corrected chi connectivity index (χ2v) is 7.94. The van der Waals surface area contributed by atoms with E-state index in [0.29, 0.717) is 6.54 Å². The zero-order valence-corrected chi connectivity index (χ0v) is 16.4. The molecule has 4 nitrogen and oxygen atoms in total. The van der Waals surface area contributed by atoms with Gasteiger partial charge >= 0.3 is 0 Å². The lowest BCUT2D eigenvalue weighted by molar-refractivity contribution is 0.665. The number of hydrogen-bond acceptors (Lipinski definition) is 3. The first kappa shape index (κ1) is 19.3. The van der Waals surface area contributed by atoms with E-state index in [-0.39, 0.29) is 4.75 Å². The van der Waals surface area contributed by atoms with Crippen LogP contribution in [0.15, 0.2) is 53.7 Å². The molecule has 0 saturated carbocycles. The first-order valence-corrected chi connectivity index (χ1v) is 9.84. The van der Waals surface area contributed by atoms with Gasteiger partial charge in [0.1, 0.15) is 0 Å². The lowest BCUT2D eigenvalue weighted by atomic mass is 10.1. The van der Waals surface area contributed by atoms with E-state index < -0.39 is 0 Å². The van der Waals surface area contributed by atoms with Crippen molar-refractivity contribution in [2.75, 3.05) is 19.3 Å². The molecule has 0 radical (unpaired) electrons. The van der Waals surface area contributed by atoms with Crippen LogP contribution in [0.1, 0.15) is 26.3 Å². The number of aromatic nitrogens is 1. The van der Waals surface area contributed by atoms with Gasteiger partial charge in [-0.1, -0.05) is 24.3 Å². The van der Waals surface area contributed by atoms with Crippen LogP contribution >= 0.6 is 11.8 Å². The summed E-state index contributed by atoms with van der Waals surface area (Å²) in [4.78, 5) is 9.14. The van der Waals surface area contributed by atoms with Crippen molar-refractivity contribution in [3.8, 4) is 11.3 Å². The third-order valence-corrected chi connectivity index (χ3v) is 5.14. The highest BCUT2D eigenvalue weighted by molar-refractivity contribution is 7.99. The summed E-state index contributed by atoms with van der Waals surface area (Å²) in [5, 5.41) is 6.75. The van der Waals surface area contributed by atoms with Crippen molar-refractivity contribution >= 4 is 17.7 Å². The van der Waals surface area contributed by atoms with E-state index in [1.807, 2.05) is 36.2 Å². The van der Waals surface area contributed by atoms with Crippen LogP contribution in [0.4, 0.5) is 0 Å². The monoisotopic (exact) mass is 356 g/mol. The van der Waals surface area contributed by atoms with Crippen LogP contribution in [-0.2, 0) is 6.54 Å². The minimum atomic E-state index is 0.176. The molecule has 1 heterocycles. The number of benzene rings is 1. The van der Waals surface area contributed by atoms with Crippen LogP contribution in [0.2, 0.25) is 0 Å². The summed E-state index contributed by atoms with van der Waals surface area (Å²) < 4.78 is 0.176. The fourth-order valence-corrected chi connectivity index (χ4v) is 2.46. The Morgan fingerprint density at radius 1 is 1.16 bits per heavy atom. The molecule has 25 heavy (non-hydrogen) atoms. The lowest BCUT2D eigenvalue weighted by Gasteiger charge is -2.23. The summed E-state index contributed by atoms with van der Waals surface area (Å²) in [5.41, 5.74) is 3.28. The van der Waals surface area contributed by atoms with Gasteiger partial charge in [0, 0.05) is 29.6 Å². The number of rotatable bonds is 7. The number of nitrogens with zero attached hydrogens (tertiary/aromatic N) is 2. The molecule has 0 saturated heterocycles. The smallest absolute Gasteiger partial charge is 0.191 e. The van der Waals surface area contributed by atoms with Crippen LogP contribution in [0.5, 0.6) is 0 Å². The van der Waals surface area contributed by atoms with Gasteiger partial charge in [0.15, 0.2) is 5.96 Å². The van der Waals surface area contributed by atoms with E-state index in [1.54, 1.807) is 0 Å². The zero-order chi connectivity index (χ0) is 18.1. The molecule has 5 heteroatoms. The predicted octanol–water partition coefficient (Wildman–Crippen LogP) is 3.95. The summed E-state index contributed by atoms with van der Waals surface area (Å²) >= 11 is 1.85. The minimum Gasteiger partial charge on any atom is -0.357 e. The third kappa shape index (κ3) is 6.42. The summed E-state index contributed by atoms with van der Waals surface area (Å²) in [7, 11) is 0. The summed E-state index contributed by atoms with van der Waals surface area (Å²) in [6, 6.07) is 14.4. The zero-order valence-electron chi connectivity index (χ0n) is 15.5. The van der Waals surface area contributed by atoms with Crippen LogP contribution < -0.4 is 10.6 Å². The minimum absolute atomic E-state index is 0.176. The number of aliphatic imine (C=N–C) groups is 1. The van der Waals surface area contributed by atoms with E-state index in [1.165, 1.54) is 5.56 Å². The number of guanidine groups is 1. The van der Waals surface area contributed by atoms with Gasteiger partial charge in [-0.2, -0.15) is 11.8 Å². The summed E-state index contributed by atoms with van der Waals surface area (Å²) in [6.07, 6.45) is 3.95. The van der Waals surface area contributed by atoms with Gasteiger partial charge in [-0.15, -0.1) is 0 Å². The van der Waals surface area contributed by atoms with Crippen molar-refractivity contribution in [1.29, 1.82) is 0 Å². The van der Waals surface area contributed by atoms with E-state index in [9.17, 15) is 0 Å². The molecule has 2 rings (SSSR count). The van der Waals surface area contributed by atoms with E-state index in [0.717, 1.165) is 30.3 Å². The van der Waals surface area contributed by atoms with Gasteiger partial charge in [-0.3, -0.25) is 4.98 Å². The van der Waals surface area contributed by atoms with Crippen molar-refractivity contribution in [3.63, 3.8) is 0 Å². The topological polar surface area (TPSA) is 49.3 Å². The van der Waals surface area contributed by atoms with E-state index >= 15 is 0 Å². The van der Waals surface area contributed by atoms with Gasteiger partial charge in [0.05, 0.1) is 12.2 Å². The molecule has 2 aromatic rings. The molecular weight excluding hydrogens is 328 g/mol. The average molecular weight is 357 g/mol. The fraction of sp³-hybridized carbons (Fsp3) is 0.400. The average Bonchev–Trinajstić information content (AvgIpc) is 2.65.